The molecule has 2 aromatic carbocycles. The predicted molar refractivity (Wildman–Crippen MR) is 141 cm³/mol. The van der Waals surface area contributed by atoms with E-state index < -0.39 is 0 Å². The first-order chi connectivity index (χ1) is 16.9. The molecule has 0 radical (unpaired) electrons. The largest absolute Gasteiger partial charge is 0.495 e. The lowest BCUT2D eigenvalue weighted by Gasteiger charge is -2.26. The Kier molecular flexibility index (Phi) is 7.98. The molecule has 0 aliphatic heterocycles. The summed E-state index contributed by atoms with van der Waals surface area (Å²) in [4.78, 5) is 21.2. The molecule has 1 amide bonds. The molecule has 0 saturated heterocycles. The van der Waals surface area contributed by atoms with E-state index in [9.17, 15) is 4.79 Å². The van der Waals surface area contributed by atoms with Gasteiger partial charge in [0.15, 0.2) is 0 Å². The number of nitrogens with zero attached hydrogens (tertiary/aromatic N) is 2. The van der Waals surface area contributed by atoms with E-state index in [1.807, 2.05) is 18.2 Å². The van der Waals surface area contributed by atoms with Crippen LogP contribution in [0.3, 0.4) is 0 Å². The minimum Gasteiger partial charge on any atom is -0.495 e. The van der Waals surface area contributed by atoms with Crippen LogP contribution in [-0.4, -0.2) is 42.2 Å². The van der Waals surface area contributed by atoms with Crippen molar-refractivity contribution in [3.8, 4) is 22.6 Å². The Hall–Kier alpha value is -3.03. The minimum atomic E-state index is -0.165. The van der Waals surface area contributed by atoms with Crippen molar-refractivity contribution in [2.45, 2.75) is 44.2 Å². The van der Waals surface area contributed by atoms with Gasteiger partial charge in [-0.3, -0.25) is 4.79 Å². The number of aromatic nitrogens is 2. The normalized spacial score (nSPS) is 17.9. The second-order valence-electron chi connectivity index (χ2n) is 8.46. The molecule has 2 atom stereocenters. The molecule has 1 heterocycles. The Bertz CT molecular complexity index is 1220. The summed E-state index contributed by atoms with van der Waals surface area (Å²) in [6.07, 6.45) is 8.20. The Labute approximate surface area is 214 Å². The molecule has 1 aliphatic carbocycles. The molecule has 1 saturated carbocycles. The van der Waals surface area contributed by atoms with Crippen molar-refractivity contribution in [2.75, 3.05) is 19.5 Å². The van der Waals surface area contributed by atoms with E-state index >= 15 is 0 Å². The van der Waals surface area contributed by atoms with E-state index in [4.69, 9.17) is 37.7 Å². The molecule has 1 aromatic heterocycles. The average Bonchev–Trinajstić information content (AvgIpc) is 3.09. The second kappa shape index (κ2) is 11.1. The molecule has 1 unspecified atom stereocenters. The second-order valence-corrected chi connectivity index (χ2v) is 9.22. The molecule has 3 aromatic rings. The molecule has 1 aliphatic rings. The van der Waals surface area contributed by atoms with Crippen LogP contribution < -0.4 is 20.1 Å². The highest BCUT2D eigenvalue weighted by atomic mass is 35.5. The third kappa shape index (κ3) is 5.46. The van der Waals surface area contributed by atoms with Crippen molar-refractivity contribution < 1.29 is 14.3 Å². The number of hydrogen-bond acceptors (Lipinski definition) is 6. The third-order valence-corrected chi connectivity index (χ3v) is 7.04. The summed E-state index contributed by atoms with van der Waals surface area (Å²) < 4.78 is 10.8. The summed E-state index contributed by atoms with van der Waals surface area (Å²) in [5.41, 5.74) is 2.19. The molecule has 0 spiro atoms. The highest BCUT2D eigenvalue weighted by Gasteiger charge is 2.25. The van der Waals surface area contributed by atoms with Gasteiger partial charge in [-0.05, 0) is 36.6 Å². The zero-order chi connectivity index (χ0) is 24.9. The van der Waals surface area contributed by atoms with Crippen molar-refractivity contribution in [3.63, 3.8) is 0 Å². The van der Waals surface area contributed by atoms with Gasteiger partial charge in [-0.1, -0.05) is 55.1 Å². The Morgan fingerprint density at radius 2 is 1.74 bits per heavy atom. The number of halogens is 2. The quantitative estimate of drug-likeness (QED) is 0.295. The molecule has 9 heteroatoms. The maximum absolute atomic E-state index is 11.9. The lowest BCUT2D eigenvalue weighted by Crippen LogP contribution is -2.45. The van der Waals surface area contributed by atoms with Crippen LogP contribution in [0.15, 0.2) is 43.1 Å². The number of benzene rings is 2. The molecular weight excluding hydrogens is 487 g/mol. The number of methoxy groups -OCH3 is 2. The smallest absolute Gasteiger partial charge is 0.243 e. The van der Waals surface area contributed by atoms with E-state index in [1.165, 1.54) is 6.08 Å². The standard InChI is InChI=1S/C26H28Cl2N4O3/c1-4-22(33)30-18-8-6-5-7-9-19(18)32-26-29-14-16-12-15(10-11-17(16)31-26)23-24(27)20(34-2)13-21(35-3)25(23)28/h4,10-14,18-19H,1,5-9H2,2-3H3,(H,30,33)(H,29,31,32)/t18-,19?/m1/s1. The fraction of sp³-hybridized carbons (Fsp3) is 0.346. The van der Waals surface area contributed by atoms with Gasteiger partial charge in [0.25, 0.3) is 0 Å². The summed E-state index contributed by atoms with van der Waals surface area (Å²) in [6.45, 7) is 3.56. The number of nitrogens with one attached hydrogen (secondary N) is 2. The van der Waals surface area contributed by atoms with Gasteiger partial charge >= 0.3 is 0 Å². The number of rotatable bonds is 7. The van der Waals surface area contributed by atoms with Gasteiger partial charge in [0.1, 0.15) is 11.5 Å². The van der Waals surface area contributed by atoms with Crippen molar-refractivity contribution in [3.05, 3.63) is 53.2 Å². The van der Waals surface area contributed by atoms with Gasteiger partial charge in [-0.2, -0.15) is 0 Å². The monoisotopic (exact) mass is 514 g/mol. The SMILES string of the molecule is C=CC(=O)N[C@@H]1CCCCCC1Nc1ncc2cc(-c3c(Cl)c(OC)cc(OC)c3Cl)ccc2n1. The molecule has 7 nitrogen and oxygen atoms in total. The zero-order valence-electron chi connectivity index (χ0n) is 19.7. The summed E-state index contributed by atoms with van der Waals surface area (Å²) in [7, 11) is 3.09. The van der Waals surface area contributed by atoms with Gasteiger partial charge in [-0.15, -0.1) is 0 Å². The van der Waals surface area contributed by atoms with Crippen LogP contribution in [0.5, 0.6) is 11.5 Å². The first kappa shape index (κ1) is 25.1. The highest BCUT2D eigenvalue weighted by molar-refractivity contribution is 6.41. The van der Waals surface area contributed by atoms with Gasteiger partial charge in [-0.25, -0.2) is 9.97 Å². The van der Waals surface area contributed by atoms with Crippen molar-refractivity contribution in [2.24, 2.45) is 0 Å². The van der Waals surface area contributed by atoms with Gasteiger partial charge < -0.3 is 20.1 Å². The molecule has 35 heavy (non-hydrogen) atoms. The number of anilines is 1. The van der Waals surface area contributed by atoms with Gasteiger partial charge in [0.2, 0.25) is 11.9 Å². The summed E-state index contributed by atoms with van der Waals surface area (Å²) in [5.74, 6) is 1.30. The Morgan fingerprint density at radius 1 is 1.06 bits per heavy atom. The zero-order valence-corrected chi connectivity index (χ0v) is 21.2. The summed E-state index contributed by atoms with van der Waals surface area (Å²) >= 11 is 13.2. The number of carbonyl (C=O) groups is 1. The summed E-state index contributed by atoms with van der Waals surface area (Å²) in [6, 6.07) is 7.44. The summed E-state index contributed by atoms with van der Waals surface area (Å²) in [5, 5.41) is 8.13. The van der Waals surface area contributed by atoms with Crippen LogP contribution in [0.2, 0.25) is 10.0 Å². The van der Waals surface area contributed by atoms with Gasteiger partial charge in [0, 0.05) is 35.3 Å². The van der Waals surface area contributed by atoms with Crippen LogP contribution >= 0.6 is 23.2 Å². The number of amides is 1. The minimum absolute atomic E-state index is 0.00278. The third-order valence-electron chi connectivity index (χ3n) is 6.29. The fourth-order valence-electron chi connectivity index (χ4n) is 4.46. The van der Waals surface area contributed by atoms with E-state index in [2.05, 4.69) is 22.2 Å². The van der Waals surface area contributed by atoms with Crippen LogP contribution in [0.4, 0.5) is 5.95 Å². The number of carbonyl (C=O) groups excluding carboxylic acids is 1. The number of ether oxygens (including phenoxy) is 2. The number of fused-ring (bicyclic) bond motifs is 1. The molecule has 1 fully saturated rings. The first-order valence-corrected chi connectivity index (χ1v) is 12.3. The predicted octanol–water partition coefficient (Wildman–Crippen LogP) is 6.04. The van der Waals surface area contributed by atoms with E-state index in [-0.39, 0.29) is 18.0 Å². The molecule has 0 bridgehead atoms. The van der Waals surface area contributed by atoms with Crippen LogP contribution in [0, 0.1) is 0 Å². The van der Waals surface area contributed by atoms with E-state index in [1.54, 1.807) is 26.5 Å². The van der Waals surface area contributed by atoms with Crippen LogP contribution in [-0.2, 0) is 4.79 Å². The molecule has 4 rings (SSSR count). The maximum Gasteiger partial charge on any atom is 0.243 e. The Morgan fingerprint density at radius 3 is 2.40 bits per heavy atom. The lowest BCUT2D eigenvalue weighted by atomic mass is 10.0. The Balaban J connectivity index is 1.64. The highest BCUT2D eigenvalue weighted by Crippen LogP contribution is 2.46. The van der Waals surface area contributed by atoms with Crippen molar-refractivity contribution in [1.82, 2.24) is 15.3 Å². The van der Waals surface area contributed by atoms with Crippen molar-refractivity contribution in [1.29, 1.82) is 0 Å². The fourth-order valence-corrected chi connectivity index (χ4v) is 5.18. The van der Waals surface area contributed by atoms with E-state index in [0.717, 1.165) is 48.6 Å². The molecule has 2 N–H and O–H groups in total. The van der Waals surface area contributed by atoms with Gasteiger partial charge in [0.05, 0.1) is 29.8 Å². The maximum atomic E-state index is 11.9. The van der Waals surface area contributed by atoms with Crippen LogP contribution in [0.25, 0.3) is 22.0 Å². The first-order valence-electron chi connectivity index (χ1n) is 11.5. The number of hydrogen-bond donors (Lipinski definition) is 2. The average molecular weight is 515 g/mol. The van der Waals surface area contributed by atoms with Crippen LogP contribution in [0.1, 0.15) is 32.1 Å². The van der Waals surface area contributed by atoms with Crippen molar-refractivity contribution >= 4 is 46.0 Å². The molecule has 184 valence electrons. The lowest BCUT2D eigenvalue weighted by molar-refractivity contribution is -0.117. The van der Waals surface area contributed by atoms with E-state index in [0.29, 0.717) is 33.1 Å². The topological polar surface area (TPSA) is 85.4 Å². The molecular formula is C26H28Cl2N4O3.